The van der Waals surface area contributed by atoms with Gasteiger partial charge in [0.05, 0.1) is 31.0 Å². The number of ether oxygens (including phenoxy) is 1. The van der Waals surface area contributed by atoms with Crippen molar-refractivity contribution in [2.24, 2.45) is 5.73 Å². The molecular weight excluding hydrogens is 346 g/mol. The number of aromatic nitrogens is 2. The van der Waals surface area contributed by atoms with E-state index in [0.717, 1.165) is 5.69 Å². The topological polar surface area (TPSA) is 110 Å². The summed E-state index contributed by atoms with van der Waals surface area (Å²) in [6, 6.07) is 6.86. The zero-order valence-electron chi connectivity index (χ0n) is 15.4. The van der Waals surface area contributed by atoms with Crippen molar-refractivity contribution in [2.45, 2.75) is 32.5 Å². The second kappa shape index (κ2) is 8.13. The van der Waals surface area contributed by atoms with Crippen LogP contribution >= 0.6 is 0 Å². The average molecular weight is 369 g/mol. The number of methoxy groups -OCH3 is 1. The molecule has 0 bridgehead atoms. The Kier molecular flexibility index (Phi) is 5.66. The van der Waals surface area contributed by atoms with Gasteiger partial charge >= 0.3 is 0 Å². The summed E-state index contributed by atoms with van der Waals surface area (Å²) in [6.07, 6.45) is 2.42. The Labute approximate surface area is 157 Å². The third kappa shape index (κ3) is 4.22. The van der Waals surface area contributed by atoms with Gasteiger partial charge in [0.15, 0.2) is 0 Å². The monoisotopic (exact) mass is 369 g/mol. The molecule has 2 aromatic heterocycles. The van der Waals surface area contributed by atoms with Crippen molar-refractivity contribution in [2.75, 3.05) is 13.7 Å². The molecule has 1 aliphatic rings. The maximum absolute atomic E-state index is 12.7. The average Bonchev–Trinajstić information content (AvgIpc) is 2.99. The highest BCUT2D eigenvalue weighted by Crippen LogP contribution is 2.27. The molecule has 0 saturated heterocycles. The Morgan fingerprint density at radius 3 is 2.93 bits per heavy atom. The van der Waals surface area contributed by atoms with Gasteiger partial charge in [0.2, 0.25) is 11.8 Å². The maximum atomic E-state index is 12.7. The lowest BCUT2D eigenvalue weighted by molar-refractivity contribution is -0.122. The van der Waals surface area contributed by atoms with Gasteiger partial charge in [0, 0.05) is 37.0 Å². The van der Waals surface area contributed by atoms with Gasteiger partial charge in [-0.05, 0) is 25.1 Å². The Hall–Kier alpha value is -3.00. The summed E-state index contributed by atoms with van der Waals surface area (Å²) in [5.74, 6) is 0.0508. The van der Waals surface area contributed by atoms with Crippen LogP contribution in [-0.4, -0.2) is 46.4 Å². The van der Waals surface area contributed by atoms with Crippen LogP contribution in [0.1, 0.15) is 34.2 Å². The van der Waals surface area contributed by atoms with Crippen LogP contribution < -0.4 is 15.8 Å². The number of nitrogens with zero attached hydrogens (tertiary/aromatic N) is 3. The molecule has 0 aliphatic carbocycles. The molecule has 0 fully saturated rings. The molecule has 0 aromatic carbocycles. The summed E-state index contributed by atoms with van der Waals surface area (Å²) in [6.45, 7) is 2.80. The Morgan fingerprint density at radius 1 is 1.44 bits per heavy atom. The molecule has 8 heteroatoms. The fraction of sp³-hybridized carbons (Fsp3) is 0.368. The van der Waals surface area contributed by atoms with Crippen LogP contribution in [0.15, 0.2) is 30.5 Å². The van der Waals surface area contributed by atoms with Gasteiger partial charge in [-0.25, -0.2) is 4.98 Å². The minimum absolute atomic E-state index is 0.0733. The molecule has 3 rings (SSSR count). The maximum Gasteiger partial charge on any atom is 0.256 e. The normalized spacial score (nSPS) is 14.0. The molecule has 3 N–H and O–H groups in total. The minimum atomic E-state index is -0.609. The molecule has 0 saturated carbocycles. The van der Waals surface area contributed by atoms with Crippen molar-refractivity contribution >= 4 is 11.8 Å². The quantitative estimate of drug-likeness (QED) is 0.741. The second-order valence-electron chi connectivity index (χ2n) is 6.46. The highest BCUT2D eigenvalue weighted by Gasteiger charge is 2.30. The fourth-order valence-corrected chi connectivity index (χ4v) is 2.93. The molecule has 3 heterocycles. The van der Waals surface area contributed by atoms with Crippen LogP contribution in [-0.2, 0) is 24.3 Å². The van der Waals surface area contributed by atoms with E-state index in [2.05, 4.69) is 15.3 Å². The van der Waals surface area contributed by atoms with Crippen molar-refractivity contribution in [3.63, 3.8) is 0 Å². The predicted octanol–water partition coefficient (Wildman–Crippen LogP) is 0.647. The summed E-state index contributed by atoms with van der Waals surface area (Å²) in [4.78, 5) is 34.9. The van der Waals surface area contributed by atoms with Gasteiger partial charge < -0.3 is 20.7 Å². The lowest BCUT2D eigenvalue weighted by Gasteiger charge is -2.14. The van der Waals surface area contributed by atoms with E-state index in [1.165, 1.54) is 7.11 Å². The first-order valence-electron chi connectivity index (χ1n) is 8.79. The van der Waals surface area contributed by atoms with E-state index in [4.69, 9.17) is 10.5 Å². The Morgan fingerprint density at radius 2 is 2.26 bits per heavy atom. The third-order valence-electron chi connectivity index (χ3n) is 4.42. The van der Waals surface area contributed by atoms with Gasteiger partial charge in [0.25, 0.3) is 5.91 Å². The van der Waals surface area contributed by atoms with Crippen LogP contribution in [0.5, 0.6) is 5.88 Å². The van der Waals surface area contributed by atoms with Crippen molar-refractivity contribution in [1.82, 2.24) is 20.2 Å². The Bertz CT molecular complexity index is 839. The zero-order valence-corrected chi connectivity index (χ0v) is 15.4. The lowest BCUT2D eigenvalue weighted by atomic mass is 10.1. The van der Waals surface area contributed by atoms with E-state index < -0.39 is 6.04 Å². The number of nitrogens with two attached hydrogens (primary N) is 1. The molecule has 0 radical (unpaired) electrons. The van der Waals surface area contributed by atoms with Crippen LogP contribution in [0, 0.1) is 0 Å². The van der Waals surface area contributed by atoms with Crippen LogP contribution in [0.3, 0.4) is 0 Å². The number of carbonyl (C=O) groups excluding carboxylic acids is 2. The highest BCUT2D eigenvalue weighted by molar-refractivity contribution is 5.98. The molecule has 142 valence electrons. The fourth-order valence-electron chi connectivity index (χ4n) is 2.93. The van der Waals surface area contributed by atoms with Crippen LogP contribution in [0.2, 0.25) is 0 Å². The summed E-state index contributed by atoms with van der Waals surface area (Å²) >= 11 is 0. The number of hydrogen-bond acceptors (Lipinski definition) is 6. The molecule has 2 amide bonds. The lowest BCUT2D eigenvalue weighted by Crippen LogP contribution is -2.37. The SMILES string of the molecule is COc1nc2c(cc1CNC(=O)[C@@H](C)N)C(=O)N(CCc1ccccn1)C2. The number of hydrogen-bond donors (Lipinski definition) is 2. The van der Waals surface area contributed by atoms with Gasteiger partial charge in [-0.2, -0.15) is 0 Å². The highest BCUT2D eigenvalue weighted by atomic mass is 16.5. The largest absolute Gasteiger partial charge is 0.481 e. The van der Waals surface area contributed by atoms with Crippen molar-refractivity contribution in [3.8, 4) is 5.88 Å². The zero-order chi connectivity index (χ0) is 19.4. The van der Waals surface area contributed by atoms with Gasteiger partial charge in [-0.3, -0.25) is 14.6 Å². The minimum Gasteiger partial charge on any atom is -0.481 e. The first-order valence-corrected chi connectivity index (χ1v) is 8.79. The standard InChI is InChI=1S/C19H23N5O3/c1-12(20)17(25)22-10-13-9-15-16(23-18(13)27-2)11-24(19(15)26)8-6-14-5-3-4-7-21-14/h3-5,7,9,12H,6,8,10-11,20H2,1-2H3,(H,22,25)/t12-/m1/s1. The molecule has 0 unspecified atom stereocenters. The van der Waals surface area contributed by atoms with E-state index in [1.54, 1.807) is 24.1 Å². The van der Waals surface area contributed by atoms with Crippen molar-refractivity contribution < 1.29 is 14.3 Å². The molecule has 1 atom stereocenters. The van der Waals surface area contributed by atoms with Crippen molar-refractivity contribution in [1.29, 1.82) is 0 Å². The first kappa shape index (κ1) is 18.8. The van der Waals surface area contributed by atoms with Gasteiger partial charge in [0.1, 0.15) is 0 Å². The summed E-state index contributed by atoms with van der Waals surface area (Å²) in [5, 5.41) is 2.72. The van der Waals surface area contributed by atoms with E-state index in [-0.39, 0.29) is 18.4 Å². The number of carbonyl (C=O) groups is 2. The number of rotatable bonds is 7. The van der Waals surface area contributed by atoms with E-state index in [1.807, 2.05) is 18.2 Å². The first-order chi connectivity index (χ1) is 13.0. The molecule has 2 aromatic rings. The summed E-state index contributed by atoms with van der Waals surface area (Å²) in [7, 11) is 1.52. The summed E-state index contributed by atoms with van der Waals surface area (Å²) < 4.78 is 5.33. The van der Waals surface area contributed by atoms with Gasteiger partial charge in [-0.15, -0.1) is 0 Å². The third-order valence-corrected chi connectivity index (χ3v) is 4.42. The Balaban J connectivity index is 1.72. The smallest absolute Gasteiger partial charge is 0.256 e. The number of fused-ring (bicyclic) bond motifs is 1. The molecule has 0 spiro atoms. The van der Waals surface area contributed by atoms with E-state index >= 15 is 0 Å². The number of pyridine rings is 2. The molecule has 27 heavy (non-hydrogen) atoms. The predicted molar refractivity (Wildman–Crippen MR) is 99.0 cm³/mol. The van der Waals surface area contributed by atoms with Crippen LogP contribution in [0.4, 0.5) is 0 Å². The number of nitrogens with one attached hydrogen (secondary N) is 1. The number of amides is 2. The molecule has 1 aliphatic heterocycles. The second-order valence-corrected chi connectivity index (χ2v) is 6.46. The van der Waals surface area contributed by atoms with Crippen LogP contribution in [0.25, 0.3) is 0 Å². The van der Waals surface area contributed by atoms with Crippen molar-refractivity contribution in [3.05, 3.63) is 53.0 Å². The summed E-state index contributed by atoms with van der Waals surface area (Å²) in [5.41, 5.74) is 8.36. The van der Waals surface area contributed by atoms with E-state index in [0.29, 0.717) is 42.2 Å². The van der Waals surface area contributed by atoms with Gasteiger partial charge in [-0.1, -0.05) is 6.07 Å². The molecular formula is C19H23N5O3. The molecule has 8 nitrogen and oxygen atoms in total. The van der Waals surface area contributed by atoms with E-state index in [9.17, 15) is 9.59 Å².